The van der Waals surface area contributed by atoms with Crippen LogP contribution in [-0.4, -0.2) is 29.1 Å². The summed E-state index contributed by atoms with van der Waals surface area (Å²) in [5.74, 6) is 0.0510. The molecule has 1 aromatic heterocycles. The monoisotopic (exact) mass is 378 g/mol. The van der Waals surface area contributed by atoms with Gasteiger partial charge < -0.3 is 4.74 Å². The van der Waals surface area contributed by atoms with Crippen LogP contribution in [0.2, 0.25) is 0 Å². The molecule has 0 aliphatic carbocycles. The summed E-state index contributed by atoms with van der Waals surface area (Å²) in [6.07, 6.45) is 1.85. The molecule has 1 heterocycles. The number of benzene rings is 2. The fraction of sp³-hybridized carbons (Fsp3) is 0.190. The molecule has 7 nitrogen and oxygen atoms in total. The number of methoxy groups -OCH3 is 1. The van der Waals surface area contributed by atoms with Crippen LogP contribution in [0.3, 0.4) is 0 Å². The van der Waals surface area contributed by atoms with E-state index < -0.39 is 5.91 Å². The average molecular weight is 378 g/mol. The zero-order valence-corrected chi connectivity index (χ0v) is 15.6. The number of carbonyl (C=O) groups is 2. The predicted octanol–water partition coefficient (Wildman–Crippen LogP) is 2.87. The SMILES string of the molecule is COc1ccc(-c2cc(C(=O)NNC(=O)CCCc3ccccc3)[nH]n2)cc1. The first-order chi connectivity index (χ1) is 13.7. The molecule has 28 heavy (non-hydrogen) atoms. The number of H-pyrrole nitrogens is 1. The highest BCUT2D eigenvalue weighted by Gasteiger charge is 2.12. The van der Waals surface area contributed by atoms with Crippen molar-refractivity contribution in [3.05, 3.63) is 71.9 Å². The van der Waals surface area contributed by atoms with E-state index in [0.717, 1.165) is 17.7 Å². The van der Waals surface area contributed by atoms with Gasteiger partial charge in [0.1, 0.15) is 11.4 Å². The van der Waals surface area contributed by atoms with Gasteiger partial charge in [-0.3, -0.25) is 25.5 Å². The van der Waals surface area contributed by atoms with Gasteiger partial charge in [0.15, 0.2) is 0 Å². The van der Waals surface area contributed by atoms with E-state index >= 15 is 0 Å². The number of rotatable bonds is 7. The molecule has 3 rings (SSSR count). The van der Waals surface area contributed by atoms with Crippen LogP contribution < -0.4 is 15.6 Å². The topological polar surface area (TPSA) is 96.1 Å². The Hall–Kier alpha value is -3.61. The summed E-state index contributed by atoms with van der Waals surface area (Å²) in [6.45, 7) is 0. The Morgan fingerprint density at radius 1 is 1.04 bits per heavy atom. The number of hydrogen-bond acceptors (Lipinski definition) is 4. The van der Waals surface area contributed by atoms with Gasteiger partial charge in [0.25, 0.3) is 5.91 Å². The maximum absolute atomic E-state index is 12.2. The normalized spacial score (nSPS) is 10.3. The molecular formula is C21H22N4O3. The number of aryl methyl sites for hydroxylation is 1. The molecule has 3 N–H and O–H groups in total. The molecule has 2 amide bonds. The van der Waals surface area contributed by atoms with Crippen LogP contribution in [0.4, 0.5) is 0 Å². The summed E-state index contributed by atoms with van der Waals surface area (Å²) in [5.41, 5.74) is 7.75. The number of aromatic amines is 1. The van der Waals surface area contributed by atoms with Crippen LogP contribution in [0, 0.1) is 0 Å². The molecule has 2 aromatic carbocycles. The van der Waals surface area contributed by atoms with E-state index in [0.29, 0.717) is 18.5 Å². The third kappa shape index (κ3) is 5.20. The number of aromatic nitrogens is 2. The summed E-state index contributed by atoms with van der Waals surface area (Å²) >= 11 is 0. The van der Waals surface area contributed by atoms with Crippen LogP contribution in [-0.2, 0) is 11.2 Å². The molecule has 0 saturated heterocycles. The summed E-state index contributed by atoms with van der Waals surface area (Å²) in [6, 6.07) is 18.9. The third-order valence-corrected chi connectivity index (χ3v) is 4.24. The zero-order chi connectivity index (χ0) is 19.8. The van der Waals surface area contributed by atoms with Crippen molar-refractivity contribution >= 4 is 11.8 Å². The summed E-state index contributed by atoms with van der Waals surface area (Å²) in [4.78, 5) is 24.1. The van der Waals surface area contributed by atoms with E-state index in [1.54, 1.807) is 13.2 Å². The van der Waals surface area contributed by atoms with Crippen molar-refractivity contribution in [1.29, 1.82) is 0 Å². The Morgan fingerprint density at radius 2 is 1.79 bits per heavy atom. The average Bonchev–Trinajstić information content (AvgIpc) is 3.23. The van der Waals surface area contributed by atoms with Crippen molar-refractivity contribution < 1.29 is 14.3 Å². The number of nitrogens with one attached hydrogen (secondary N) is 3. The molecular weight excluding hydrogens is 356 g/mol. The van der Waals surface area contributed by atoms with Crippen LogP contribution in [0.15, 0.2) is 60.7 Å². The Morgan fingerprint density at radius 3 is 2.50 bits per heavy atom. The van der Waals surface area contributed by atoms with Crippen LogP contribution in [0.25, 0.3) is 11.3 Å². The Kier molecular flexibility index (Phi) is 6.41. The molecule has 0 bridgehead atoms. The van der Waals surface area contributed by atoms with E-state index in [-0.39, 0.29) is 11.6 Å². The van der Waals surface area contributed by atoms with E-state index in [2.05, 4.69) is 21.0 Å². The molecule has 3 aromatic rings. The molecule has 0 aliphatic heterocycles. The molecule has 144 valence electrons. The summed E-state index contributed by atoms with van der Waals surface area (Å²) in [7, 11) is 1.60. The second-order valence-electron chi connectivity index (χ2n) is 6.24. The van der Waals surface area contributed by atoms with Crippen molar-refractivity contribution in [3.8, 4) is 17.0 Å². The lowest BCUT2D eigenvalue weighted by Crippen LogP contribution is -2.41. The molecule has 0 spiro atoms. The van der Waals surface area contributed by atoms with E-state index in [1.807, 2.05) is 54.6 Å². The van der Waals surface area contributed by atoms with Crippen molar-refractivity contribution in [2.45, 2.75) is 19.3 Å². The number of hydrazine groups is 1. The highest BCUT2D eigenvalue weighted by molar-refractivity contribution is 5.94. The number of amides is 2. The Labute approximate surface area is 163 Å². The van der Waals surface area contributed by atoms with Gasteiger partial charge in [0.05, 0.1) is 12.8 Å². The highest BCUT2D eigenvalue weighted by Crippen LogP contribution is 2.21. The van der Waals surface area contributed by atoms with Crippen LogP contribution in [0.5, 0.6) is 5.75 Å². The standard InChI is InChI=1S/C21H22N4O3/c1-28-17-12-10-16(11-13-17)18-14-19(23-22-18)21(27)25-24-20(26)9-5-8-15-6-3-2-4-7-15/h2-4,6-7,10-14H,5,8-9H2,1H3,(H,22,23)(H,24,26)(H,25,27). The maximum atomic E-state index is 12.2. The van der Waals surface area contributed by atoms with Crippen LogP contribution in [0.1, 0.15) is 28.9 Å². The number of hydrogen-bond donors (Lipinski definition) is 3. The molecule has 0 saturated carbocycles. The first kappa shape index (κ1) is 19.2. The fourth-order valence-electron chi connectivity index (χ4n) is 2.70. The molecule has 0 fully saturated rings. The number of ether oxygens (including phenoxy) is 1. The fourth-order valence-corrected chi connectivity index (χ4v) is 2.70. The van der Waals surface area contributed by atoms with Crippen LogP contribution >= 0.6 is 0 Å². The molecule has 0 aliphatic rings. The van der Waals surface area contributed by atoms with Crippen molar-refractivity contribution in [1.82, 2.24) is 21.0 Å². The maximum Gasteiger partial charge on any atom is 0.287 e. The minimum atomic E-state index is -0.455. The largest absolute Gasteiger partial charge is 0.497 e. The zero-order valence-electron chi connectivity index (χ0n) is 15.6. The third-order valence-electron chi connectivity index (χ3n) is 4.24. The molecule has 7 heteroatoms. The van der Waals surface area contributed by atoms with Gasteiger partial charge in [-0.25, -0.2) is 0 Å². The van der Waals surface area contributed by atoms with Crippen molar-refractivity contribution in [2.24, 2.45) is 0 Å². The first-order valence-electron chi connectivity index (χ1n) is 8.98. The lowest BCUT2D eigenvalue weighted by Gasteiger charge is -2.06. The minimum Gasteiger partial charge on any atom is -0.497 e. The lowest BCUT2D eigenvalue weighted by molar-refractivity contribution is -0.121. The van der Waals surface area contributed by atoms with Gasteiger partial charge in [-0.05, 0) is 48.7 Å². The first-order valence-corrected chi connectivity index (χ1v) is 8.98. The second kappa shape index (κ2) is 9.36. The van der Waals surface area contributed by atoms with Gasteiger partial charge in [-0.15, -0.1) is 0 Å². The number of nitrogens with zero attached hydrogens (tertiary/aromatic N) is 1. The van der Waals surface area contributed by atoms with Gasteiger partial charge >= 0.3 is 0 Å². The lowest BCUT2D eigenvalue weighted by atomic mass is 10.1. The molecule has 0 radical (unpaired) electrons. The Bertz CT molecular complexity index is 920. The summed E-state index contributed by atoms with van der Waals surface area (Å²) in [5, 5.41) is 6.81. The minimum absolute atomic E-state index is 0.237. The Balaban J connectivity index is 1.45. The van der Waals surface area contributed by atoms with Gasteiger partial charge in [0.2, 0.25) is 5.91 Å². The van der Waals surface area contributed by atoms with Crippen molar-refractivity contribution in [3.63, 3.8) is 0 Å². The number of carbonyl (C=O) groups excluding carboxylic acids is 2. The predicted molar refractivity (Wildman–Crippen MR) is 106 cm³/mol. The highest BCUT2D eigenvalue weighted by atomic mass is 16.5. The van der Waals surface area contributed by atoms with E-state index in [4.69, 9.17) is 4.74 Å². The molecule has 0 atom stereocenters. The second-order valence-corrected chi connectivity index (χ2v) is 6.24. The van der Waals surface area contributed by atoms with Gasteiger partial charge in [0, 0.05) is 12.0 Å². The molecule has 0 unspecified atom stereocenters. The van der Waals surface area contributed by atoms with Gasteiger partial charge in [-0.1, -0.05) is 30.3 Å². The quantitative estimate of drug-likeness (QED) is 0.551. The smallest absolute Gasteiger partial charge is 0.287 e. The van der Waals surface area contributed by atoms with E-state index in [9.17, 15) is 9.59 Å². The van der Waals surface area contributed by atoms with Gasteiger partial charge in [-0.2, -0.15) is 5.10 Å². The van der Waals surface area contributed by atoms with Crippen molar-refractivity contribution in [2.75, 3.05) is 7.11 Å². The summed E-state index contributed by atoms with van der Waals surface area (Å²) < 4.78 is 5.12. The van der Waals surface area contributed by atoms with E-state index in [1.165, 1.54) is 5.56 Å².